The van der Waals surface area contributed by atoms with Crippen molar-refractivity contribution in [3.05, 3.63) is 137 Å². The molecule has 2 aromatic heterocycles. The van der Waals surface area contributed by atoms with E-state index >= 15 is 0 Å². The number of aromatic amines is 2. The first-order valence-electron chi connectivity index (χ1n) is 14.7. The third-order valence-electron chi connectivity index (χ3n) is 7.78. The Balaban J connectivity index is 0.000000201. The number of anilines is 2. The molecule has 2 heterocycles. The standard InChI is InChI=1S/2C17H11ClF3N3O2/c1-8-12(17(19,20)21)3-2-4-13(8)22-15(25)9-5-6-10-11(7-9)14(18)23-24-16(10)26;1-8-12(17(19,20)21)3-2-4-13(8)22-15(25)9-5-6-10-11(7-9)16(26)24-23-14(10)18/h2*2-7H,1H3,(H,22,25)(H,24,26). The molecule has 6 rings (SSSR count). The maximum Gasteiger partial charge on any atom is 0.416 e. The topological polar surface area (TPSA) is 150 Å². The van der Waals surface area contributed by atoms with Crippen LogP contribution < -0.4 is 21.8 Å². The number of halogens is 8. The molecule has 0 radical (unpaired) electrons. The molecule has 0 unspecified atom stereocenters. The second-order valence-electron chi connectivity index (χ2n) is 11.1. The Labute approximate surface area is 297 Å². The summed E-state index contributed by atoms with van der Waals surface area (Å²) in [6.07, 6.45) is -9.04. The molecule has 0 saturated heterocycles. The van der Waals surface area contributed by atoms with Gasteiger partial charge >= 0.3 is 12.4 Å². The fourth-order valence-electron chi connectivity index (χ4n) is 5.09. The van der Waals surface area contributed by atoms with Crippen LogP contribution in [0.25, 0.3) is 21.5 Å². The number of aromatic nitrogens is 4. The first kappa shape index (κ1) is 37.5. The van der Waals surface area contributed by atoms with Crippen molar-refractivity contribution >= 4 is 67.9 Å². The average molecular weight is 763 g/mol. The fourth-order valence-corrected chi connectivity index (χ4v) is 5.50. The van der Waals surface area contributed by atoms with Crippen molar-refractivity contribution in [2.75, 3.05) is 10.6 Å². The summed E-state index contributed by atoms with van der Waals surface area (Å²) in [5.74, 6) is -1.28. The van der Waals surface area contributed by atoms with Crippen molar-refractivity contribution in [1.29, 1.82) is 0 Å². The molecule has 0 atom stereocenters. The van der Waals surface area contributed by atoms with E-state index in [1.165, 1.54) is 74.5 Å². The second kappa shape index (κ2) is 14.5. The highest BCUT2D eigenvalue weighted by molar-refractivity contribution is 6.34. The van der Waals surface area contributed by atoms with Gasteiger partial charge in [0.2, 0.25) is 0 Å². The minimum absolute atomic E-state index is 0.00417. The van der Waals surface area contributed by atoms with Gasteiger partial charge in [-0.15, -0.1) is 0 Å². The molecule has 4 N–H and O–H groups in total. The number of H-pyrrole nitrogens is 2. The lowest BCUT2D eigenvalue weighted by atomic mass is 10.1. The molecule has 2 amide bonds. The highest BCUT2D eigenvalue weighted by Crippen LogP contribution is 2.36. The van der Waals surface area contributed by atoms with E-state index < -0.39 is 46.4 Å². The highest BCUT2D eigenvalue weighted by Gasteiger charge is 2.34. The van der Waals surface area contributed by atoms with E-state index in [0.717, 1.165) is 12.1 Å². The Bertz CT molecular complexity index is 2500. The van der Waals surface area contributed by atoms with Gasteiger partial charge in [-0.3, -0.25) is 19.2 Å². The quantitative estimate of drug-likeness (QED) is 0.133. The molecule has 0 spiro atoms. The summed E-state index contributed by atoms with van der Waals surface area (Å²) >= 11 is 11.8. The number of nitrogens with one attached hydrogen (secondary N) is 4. The van der Waals surface area contributed by atoms with E-state index in [1.807, 2.05) is 0 Å². The minimum Gasteiger partial charge on any atom is -0.322 e. The van der Waals surface area contributed by atoms with E-state index in [1.54, 1.807) is 0 Å². The van der Waals surface area contributed by atoms with Crippen molar-refractivity contribution in [2.45, 2.75) is 26.2 Å². The zero-order valence-corrected chi connectivity index (χ0v) is 28.0. The number of alkyl halides is 6. The Morgan fingerprint density at radius 2 is 1.00 bits per heavy atom. The second-order valence-corrected chi connectivity index (χ2v) is 11.8. The van der Waals surface area contributed by atoms with Gasteiger partial charge in [-0.25, -0.2) is 10.2 Å². The van der Waals surface area contributed by atoms with E-state index in [-0.39, 0.29) is 60.1 Å². The smallest absolute Gasteiger partial charge is 0.322 e. The van der Waals surface area contributed by atoms with Gasteiger partial charge in [-0.1, -0.05) is 41.4 Å². The van der Waals surface area contributed by atoms with Gasteiger partial charge in [0.1, 0.15) is 0 Å². The number of rotatable bonds is 4. The maximum absolute atomic E-state index is 13.0. The van der Waals surface area contributed by atoms with Crippen LogP contribution in [0, 0.1) is 13.8 Å². The first-order valence-corrected chi connectivity index (χ1v) is 15.4. The predicted molar refractivity (Wildman–Crippen MR) is 183 cm³/mol. The largest absolute Gasteiger partial charge is 0.416 e. The van der Waals surface area contributed by atoms with Gasteiger partial charge in [-0.05, 0) is 79.6 Å². The fraction of sp³-hybridized carbons (Fsp3) is 0.118. The normalized spacial score (nSPS) is 11.6. The van der Waals surface area contributed by atoms with Crippen molar-refractivity contribution in [3.63, 3.8) is 0 Å². The molecular weight excluding hydrogens is 741 g/mol. The lowest BCUT2D eigenvalue weighted by molar-refractivity contribution is -0.138. The number of hydrogen-bond donors (Lipinski definition) is 4. The molecule has 0 saturated carbocycles. The lowest BCUT2D eigenvalue weighted by Crippen LogP contribution is -2.16. The highest BCUT2D eigenvalue weighted by atomic mass is 35.5. The van der Waals surface area contributed by atoms with Crippen LogP contribution in [0.4, 0.5) is 37.7 Å². The number of benzene rings is 4. The van der Waals surface area contributed by atoms with Crippen molar-refractivity contribution in [3.8, 4) is 0 Å². The molecule has 0 aliphatic carbocycles. The molecule has 18 heteroatoms. The first-order chi connectivity index (χ1) is 24.4. The number of hydrogen-bond acceptors (Lipinski definition) is 6. The molecule has 4 aromatic carbocycles. The van der Waals surface area contributed by atoms with Crippen LogP contribution in [0.2, 0.25) is 10.3 Å². The molecular formula is C34H22Cl2F6N6O4. The van der Waals surface area contributed by atoms with Crippen LogP contribution >= 0.6 is 23.2 Å². The van der Waals surface area contributed by atoms with Gasteiger partial charge in [0.15, 0.2) is 10.3 Å². The third-order valence-corrected chi connectivity index (χ3v) is 8.36. The van der Waals surface area contributed by atoms with Gasteiger partial charge < -0.3 is 10.6 Å². The van der Waals surface area contributed by atoms with Crippen molar-refractivity contribution in [2.24, 2.45) is 0 Å². The molecule has 52 heavy (non-hydrogen) atoms. The number of amides is 2. The molecule has 0 bridgehead atoms. The summed E-state index contributed by atoms with van der Waals surface area (Å²) in [5, 5.41) is 17.6. The van der Waals surface area contributed by atoms with Gasteiger partial charge in [0, 0.05) is 33.3 Å². The summed E-state index contributed by atoms with van der Waals surface area (Å²) < 4.78 is 77.9. The van der Waals surface area contributed by atoms with E-state index in [0.29, 0.717) is 5.39 Å². The monoisotopic (exact) mass is 762 g/mol. The summed E-state index contributed by atoms with van der Waals surface area (Å²) in [4.78, 5) is 48.4. The predicted octanol–water partition coefficient (Wildman–Crippen LogP) is 8.31. The van der Waals surface area contributed by atoms with Crippen LogP contribution in [0.1, 0.15) is 43.0 Å². The van der Waals surface area contributed by atoms with E-state index in [2.05, 4.69) is 31.0 Å². The molecule has 268 valence electrons. The number of carbonyl (C=O) groups excluding carboxylic acids is 2. The van der Waals surface area contributed by atoms with Crippen molar-refractivity contribution in [1.82, 2.24) is 20.4 Å². The maximum atomic E-state index is 13.0. The molecule has 6 aromatic rings. The lowest BCUT2D eigenvalue weighted by Gasteiger charge is -2.14. The average Bonchev–Trinajstić information content (AvgIpc) is 3.09. The van der Waals surface area contributed by atoms with Crippen LogP contribution in [0.15, 0.2) is 82.4 Å². The van der Waals surface area contributed by atoms with E-state index in [4.69, 9.17) is 23.2 Å². The van der Waals surface area contributed by atoms with Gasteiger partial charge in [0.25, 0.3) is 22.9 Å². The molecule has 0 fully saturated rings. The van der Waals surface area contributed by atoms with Crippen molar-refractivity contribution < 1.29 is 35.9 Å². The number of nitrogens with zero attached hydrogens (tertiary/aromatic N) is 2. The minimum atomic E-state index is -4.52. The number of carbonyl (C=O) groups is 2. The van der Waals surface area contributed by atoms with Gasteiger partial charge in [-0.2, -0.15) is 36.5 Å². The zero-order valence-electron chi connectivity index (χ0n) is 26.5. The van der Waals surface area contributed by atoms with Crippen LogP contribution in [0.3, 0.4) is 0 Å². The van der Waals surface area contributed by atoms with Gasteiger partial charge in [0.05, 0.1) is 21.9 Å². The van der Waals surface area contributed by atoms with E-state index in [9.17, 15) is 45.5 Å². The number of fused-ring (bicyclic) bond motifs is 2. The molecule has 0 aliphatic rings. The summed E-state index contributed by atoms with van der Waals surface area (Å²) in [5.41, 5.74) is -2.54. The Kier molecular flexibility index (Phi) is 10.4. The summed E-state index contributed by atoms with van der Waals surface area (Å²) in [7, 11) is 0. The molecule has 10 nitrogen and oxygen atoms in total. The summed E-state index contributed by atoms with van der Waals surface area (Å²) in [6, 6.07) is 15.4. The SMILES string of the molecule is Cc1c(NC(=O)c2ccc3c(=O)[nH]nc(Cl)c3c2)cccc1C(F)(F)F.Cc1c(NC(=O)c2ccc3c(Cl)n[nH]c(=O)c3c2)cccc1C(F)(F)F. The Morgan fingerprint density at radius 3 is 1.46 bits per heavy atom. The van der Waals surface area contributed by atoms with Crippen LogP contribution in [-0.2, 0) is 12.4 Å². The Hall–Kier alpha value is -5.74. The zero-order chi connectivity index (χ0) is 38.1. The molecule has 0 aliphatic heterocycles. The van der Waals surface area contributed by atoms with Crippen LogP contribution in [0.5, 0.6) is 0 Å². The Morgan fingerprint density at radius 1 is 0.596 bits per heavy atom. The summed E-state index contributed by atoms with van der Waals surface area (Å²) in [6.45, 7) is 2.55. The van der Waals surface area contributed by atoms with Crippen LogP contribution in [-0.4, -0.2) is 32.2 Å². The third kappa shape index (κ3) is 7.92.